The van der Waals surface area contributed by atoms with Crippen LogP contribution in [0.15, 0.2) is 42.5 Å². The minimum Gasteiger partial charge on any atom is -0.384 e. The standard InChI is InChI=1S/C15H15FN2O2/c1-11-10-13(16)4-7-15(11)17-9-8-12-2-5-14(6-3-12)18(19)20/h2-7,10,17H,8-9H2,1H3. The predicted molar refractivity (Wildman–Crippen MR) is 76.4 cm³/mol. The van der Waals surface area contributed by atoms with E-state index in [0.29, 0.717) is 6.54 Å². The van der Waals surface area contributed by atoms with Crippen molar-refractivity contribution in [1.29, 1.82) is 0 Å². The average Bonchev–Trinajstić information content (AvgIpc) is 2.42. The number of halogens is 1. The van der Waals surface area contributed by atoms with Gasteiger partial charge in [-0.1, -0.05) is 12.1 Å². The smallest absolute Gasteiger partial charge is 0.269 e. The fourth-order valence-electron chi connectivity index (χ4n) is 1.95. The molecule has 0 aliphatic carbocycles. The Bertz CT molecular complexity index is 612. The molecule has 2 aromatic rings. The van der Waals surface area contributed by atoms with E-state index in [-0.39, 0.29) is 11.5 Å². The highest BCUT2D eigenvalue weighted by Gasteiger charge is 2.04. The Balaban J connectivity index is 1.91. The Morgan fingerprint density at radius 1 is 1.20 bits per heavy atom. The van der Waals surface area contributed by atoms with Crippen LogP contribution in [0.1, 0.15) is 11.1 Å². The third-order valence-electron chi connectivity index (χ3n) is 3.06. The molecule has 0 saturated heterocycles. The molecule has 0 aliphatic rings. The lowest BCUT2D eigenvalue weighted by Crippen LogP contribution is -2.06. The van der Waals surface area contributed by atoms with Gasteiger partial charge in [0.05, 0.1) is 4.92 Å². The first-order valence-corrected chi connectivity index (χ1v) is 6.29. The van der Waals surface area contributed by atoms with Crippen molar-refractivity contribution in [2.45, 2.75) is 13.3 Å². The molecule has 5 heteroatoms. The summed E-state index contributed by atoms with van der Waals surface area (Å²) in [5, 5.41) is 13.8. The topological polar surface area (TPSA) is 55.2 Å². The number of aryl methyl sites for hydroxylation is 1. The zero-order chi connectivity index (χ0) is 14.5. The highest BCUT2D eigenvalue weighted by Crippen LogP contribution is 2.16. The van der Waals surface area contributed by atoms with Crippen molar-refractivity contribution in [1.82, 2.24) is 0 Å². The van der Waals surface area contributed by atoms with E-state index in [4.69, 9.17) is 0 Å². The molecule has 2 rings (SSSR count). The van der Waals surface area contributed by atoms with E-state index in [1.54, 1.807) is 18.2 Å². The number of nitrogens with zero attached hydrogens (tertiary/aromatic N) is 1. The second kappa shape index (κ2) is 6.14. The van der Waals surface area contributed by atoms with Crippen LogP contribution in [0.3, 0.4) is 0 Å². The van der Waals surface area contributed by atoms with E-state index in [1.165, 1.54) is 24.3 Å². The molecular formula is C15H15FN2O2. The van der Waals surface area contributed by atoms with Crippen LogP contribution in [0.25, 0.3) is 0 Å². The summed E-state index contributed by atoms with van der Waals surface area (Å²) in [5.41, 5.74) is 2.86. The van der Waals surface area contributed by atoms with Gasteiger partial charge in [0.25, 0.3) is 5.69 Å². The van der Waals surface area contributed by atoms with Crippen molar-refractivity contribution in [2.24, 2.45) is 0 Å². The molecule has 4 nitrogen and oxygen atoms in total. The van der Waals surface area contributed by atoms with Crippen LogP contribution in [0.5, 0.6) is 0 Å². The van der Waals surface area contributed by atoms with Crippen molar-refractivity contribution < 1.29 is 9.31 Å². The molecule has 0 heterocycles. The maximum absolute atomic E-state index is 13.0. The van der Waals surface area contributed by atoms with E-state index < -0.39 is 4.92 Å². The van der Waals surface area contributed by atoms with E-state index in [9.17, 15) is 14.5 Å². The van der Waals surface area contributed by atoms with Gasteiger partial charge in [-0.15, -0.1) is 0 Å². The Morgan fingerprint density at radius 3 is 2.50 bits per heavy atom. The zero-order valence-electron chi connectivity index (χ0n) is 11.1. The van der Waals surface area contributed by atoms with E-state index in [2.05, 4.69) is 5.32 Å². The molecule has 2 aromatic carbocycles. The van der Waals surface area contributed by atoms with Crippen molar-refractivity contribution >= 4 is 11.4 Å². The lowest BCUT2D eigenvalue weighted by atomic mass is 10.1. The molecule has 0 bridgehead atoms. The van der Waals surface area contributed by atoms with Crippen molar-refractivity contribution in [3.63, 3.8) is 0 Å². The molecule has 0 fully saturated rings. The highest BCUT2D eigenvalue weighted by atomic mass is 19.1. The number of rotatable bonds is 5. The molecule has 0 saturated carbocycles. The first-order chi connectivity index (χ1) is 9.56. The number of hydrogen-bond acceptors (Lipinski definition) is 3. The molecule has 0 spiro atoms. The molecule has 0 aliphatic heterocycles. The van der Waals surface area contributed by atoms with Gasteiger partial charge in [0.1, 0.15) is 5.82 Å². The predicted octanol–water partition coefficient (Wildman–Crippen LogP) is 3.70. The summed E-state index contributed by atoms with van der Waals surface area (Å²) >= 11 is 0. The van der Waals surface area contributed by atoms with Gasteiger partial charge in [0.2, 0.25) is 0 Å². The Hall–Kier alpha value is -2.43. The minimum atomic E-state index is -0.413. The van der Waals surface area contributed by atoms with Crippen molar-refractivity contribution in [3.05, 3.63) is 69.5 Å². The fourth-order valence-corrected chi connectivity index (χ4v) is 1.95. The third kappa shape index (κ3) is 3.54. The number of nitrogens with one attached hydrogen (secondary N) is 1. The van der Waals surface area contributed by atoms with Gasteiger partial charge in [-0.2, -0.15) is 0 Å². The average molecular weight is 274 g/mol. The van der Waals surface area contributed by atoms with Crippen molar-refractivity contribution in [3.8, 4) is 0 Å². The summed E-state index contributed by atoms with van der Waals surface area (Å²) in [6.07, 6.45) is 0.745. The molecule has 0 amide bonds. The number of anilines is 1. The summed E-state index contributed by atoms with van der Waals surface area (Å²) in [7, 11) is 0. The number of nitro benzene ring substituents is 1. The van der Waals surface area contributed by atoms with E-state index in [0.717, 1.165) is 23.2 Å². The monoisotopic (exact) mass is 274 g/mol. The van der Waals surface area contributed by atoms with Gasteiger partial charge in [-0.05, 0) is 42.7 Å². The summed E-state index contributed by atoms with van der Waals surface area (Å²) in [6, 6.07) is 11.1. The summed E-state index contributed by atoms with van der Waals surface area (Å²) < 4.78 is 13.0. The first-order valence-electron chi connectivity index (χ1n) is 6.29. The van der Waals surface area contributed by atoms with E-state index >= 15 is 0 Å². The Morgan fingerprint density at radius 2 is 1.90 bits per heavy atom. The van der Waals surface area contributed by atoms with Crippen LogP contribution in [0.2, 0.25) is 0 Å². The second-order valence-corrected chi connectivity index (χ2v) is 4.56. The van der Waals surface area contributed by atoms with Crippen molar-refractivity contribution in [2.75, 3.05) is 11.9 Å². The lowest BCUT2D eigenvalue weighted by Gasteiger charge is -2.09. The SMILES string of the molecule is Cc1cc(F)ccc1NCCc1ccc([N+](=O)[O-])cc1. The lowest BCUT2D eigenvalue weighted by molar-refractivity contribution is -0.384. The highest BCUT2D eigenvalue weighted by molar-refractivity contribution is 5.50. The quantitative estimate of drug-likeness (QED) is 0.668. The Kier molecular flexibility index (Phi) is 4.30. The van der Waals surface area contributed by atoms with Crippen LogP contribution >= 0.6 is 0 Å². The van der Waals surface area contributed by atoms with Crippen LogP contribution in [0.4, 0.5) is 15.8 Å². The molecular weight excluding hydrogens is 259 g/mol. The van der Waals surface area contributed by atoms with Crippen LogP contribution in [-0.2, 0) is 6.42 Å². The van der Waals surface area contributed by atoms with Gasteiger partial charge in [-0.3, -0.25) is 10.1 Å². The third-order valence-corrected chi connectivity index (χ3v) is 3.06. The molecule has 0 radical (unpaired) electrons. The molecule has 104 valence electrons. The zero-order valence-corrected chi connectivity index (χ0v) is 11.1. The van der Waals surface area contributed by atoms with Crippen LogP contribution in [0, 0.1) is 22.9 Å². The van der Waals surface area contributed by atoms with Crippen LogP contribution in [-0.4, -0.2) is 11.5 Å². The van der Waals surface area contributed by atoms with Gasteiger partial charge < -0.3 is 5.32 Å². The summed E-state index contributed by atoms with van der Waals surface area (Å²) in [5.74, 6) is -0.247. The molecule has 0 unspecified atom stereocenters. The number of non-ortho nitro benzene ring substituents is 1. The second-order valence-electron chi connectivity index (χ2n) is 4.56. The van der Waals surface area contributed by atoms with Gasteiger partial charge in [-0.25, -0.2) is 4.39 Å². The maximum Gasteiger partial charge on any atom is 0.269 e. The number of nitro groups is 1. The van der Waals surface area contributed by atoms with E-state index in [1.807, 2.05) is 6.92 Å². The summed E-state index contributed by atoms with van der Waals surface area (Å²) in [6.45, 7) is 2.53. The first kappa shape index (κ1) is 14.0. The van der Waals surface area contributed by atoms with Crippen LogP contribution < -0.4 is 5.32 Å². The largest absolute Gasteiger partial charge is 0.384 e. The summed E-state index contributed by atoms with van der Waals surface area (Å²) in [4.78, 5) is 10.1. The van der Waals surface area contributed by atoms with Gasteiger partial charge in [0.15, 0.2) is 0 Å². The number of benzene rings is 2. The fraction of sp³-hybridized carbons (Fsp3) is 0.200. The van der Waals surface area contributed by atoms with Gasteiger partial charge in [0, 0.05) is 24.4 Å². The number of hydrogen-bond donors (Lipinski definition) is 1. The minimum absolute atomic E-state index is 0.0936. The maximum atomic E-state index is 13.0. The molecule has 0 atom stereocenters. The normalized spacial score (nSPS) is 10.3. The molecule has 1 N–H and O–H groups in total. The molecule has 20 heavy (non-hydrogen) atoms. The Labute approximate surface area is 116 Å². The van der Waals surface area contributed by atoms with Gasteiger partial charge >= 0.3 is 0 Å². The molecule has 0 aromatic heterocycles.